The fourth-order valence-corrected chi connectivity index (χ4v) is 3.12. The van der Waals surface area contributed by atoms with Gasteiger partial charge in [-0.05, 0) is 30.3 Å². The lowest BCUT2D eigenvalue weighted by Crippen LogP contribution is -2.49. The van der Waals surface area contributed by atoms with Gasteiger partial charge in [0.1, 0.15) is 0 Å². The summed E-state index contributed by atoms with van der Waals surface area (Å²) >= 11 is 0. The summed E-state index contributed by atoms with van der Waals surface area (Å²) in [6.07, 6.45) is 0. The van der Waals surface area contributed by atoms with Crippen molar-refractivity contribution in [2.24, 2.45) is 0 Å². The van der Waals surface area contributed by atoms with Crippen LogP contribution >= 0.6 is 0 Å². The highest BCUT2D eigenvalue weighted by Crippen LogP contribution is 2.33. The first kappa shape index (κ1) is 16.6. The standard InChI is InChI=1S/C18H15F3N2O3/c19-12-2-3-13(17(21)16(12)20)22-5-7-23(8-6-22)18(24)11-1-4-14-15(9-11)26-10-25-14/h1-4,9H,5-8,10H2. The Morgan fingerprint density at radius 1 is 0.885 bits per heavy atom. The van der Waals surface area contributed by atoms with E-state index >= 15 is 0 Å². The number of hydrogen-bond donors (Lipinski definition) is 0. The van der Waals surface area contributed by atoms with Crippen LogP contribution in [-0.2, 0) is 0 Å². The van der Waals surface area contributed by atoms with Crippen molar-refractivity contribution in [2.75, 3.05) is 37.9 Å². The first-order chi connectivity index (χ1) is 12.5. The van der Waals surface area contributed by atoms with E-state index in [1.165, 1.54) is 6.07 Å². The molecule has 2 aliphatic heterocycles. The molecule has 2 aromatic rings. The first-order valence-corrected chi connectivity index (χ1v) is 8.12. The van der Waals surface area contributed by atoms with Gasteiger partial charge in [0.05, 0.1) is 5.69 Å². The highest BCUT2D eigenvalue weighted by Gasteiger charge is 2.26. The van der Waals surface area contributed by atoms with Gasteiger partial charge in [0, 0.05) is 31.7 Å². The molecule has 0 atom stereocenters. The topological polar surface area (TPSA) is 42.0 Å². The van der Waals surface area contributed by atoms with Crippen molar-refractivity contribution >= 4 is 11.6 Å². The zero-order chi connectivity index (χ0) is 18.3. The van der Waals surface area contributed by atoms with Gasteiger partial charge in [-0.1, -0.05) is 0 Å². The van der Waals surface area contributed by atoms with Gasteiger partial charge in [-0.3, -0.25) is 4.79 Å². The van der Waals surface area contributed by atoms with Gasteiger partial charge < -0.3 is 19.3 Å². The van der Waals surface area contributed by atoms with Crippen LogP contribution in [0, 0.1) is 17.5 Å². The zero-order valence-corrected chi connectivity index (χ0v) is 13.7. The molecule has 4 rings (SSSR count). The molecule has 0 spiro atoms. The van der Waals surface area contributed by atoms with Crippen molar-refractivity contribution in [1.29, 1.82) is 0 Å². The third-order valence-corrected chi connectivity index (χ3v) is 4.54. The van der Waals surface area contributed by atoms with Crippen LogP contribution in [0.4, 0.5) is 18.9 Å². The molecule has 0 N–H and O–H groups in total. The highest BCUT2D eigenvalue weighted by atomic mass is 19.2. The maximum absolute atomic E-state index is 13.9. The van der Waals surface area contributed by atoms with Crippen molar-refractivity contribution < 1.29 is 27.4 Å². The molecular weight excluding hydrogens is 349 g/mol. The Labute approximate surface area is 147 Å². The third kappa shape index (κ3) is 2.81. The molecule has 8 heteroatoms. The van der Waals surface area contributed by atoms with Gasteiger partial charge in [0.2, 0.25) is 6.79 Å². The van der Waals surface area contributed by atoms with E-state index in [2.05, 4.69) is 0 Å². The second kappa shape index (κ2) is 6.44. The number of anilines is 1. The summed E-state index contributed by atoms with van der Waals surface area (Å²) in [4.78, 5) is 15.9. The summed E-state index contributed by atoms with van der Waals surface area (Å²) in [6.45, 7) is 1.44. The quantitative estimate of drug-likeness (QED) is 0.769. The predicted octanol–water partition coefficient (Wildman–Crippen LogP) is 2.80. The van der Waals surface area contributed by atoms with E-state index in [1.807, 2.05) is 0 Å². The van der Waals surface area contributed by atoms with E-state index < -0.39 is 17.5 Å². The highest BCUT2D eigenvalue weighted by molar-refractivity contribution is 5.95. The second-order valence-electron chi connectivity index (χ2n) is 6.04. The number of ether oxygens (including phenoxy) is 2. The molecule has 1 saturated heterocycles. The maximum atomic E-state index is 13.9. The van der Waals surface area contributed by atoms with E-state index in [1.54, 1.807) is 28.0 Å². The molecule has 0 radical (unpaired) electrons. The van der Waals surface area contributed by atoms with Crippen LogP contribution < -0.4 is 14.4 Å². The summed E-state index contributed by atoms with van der Waals surface area (Å²) in [7, 11) is 0. The fraction of sp³-hybridized carbons (Fsp3) is 0.278. The van der Waals surface area contributed by atoms with Crippen LogP contribution in [0.25, 0.3) is 0 Å². The van der Waals surface area contributed by atoms with Crippen LogP contribution in [0.15, 0.2) is 30.3 Å². The minimum atomic E-state index is -1.48. The fourth-order valence-electron chi connectivity index (χ4n) is 3.12. The average molecular weight is 364 g/mol. The molecule has 1 fully saturated rings. The summed E-state index contributed by atoms with van der Waals surface area (Å²) < 4.78 is 50.9. The van der Waals surface area contributed by atoms with Crippen molar-refractivity contribution in [3.63, 3.8) is 0 Å². The SMILES string of the molecule is O=C(c1ccc2c(c1)OCO2)N1CCN(c2ccc(F)c(F)c2F)CC1. The summed E-state index contributed by atoms with van der Waals surface area (Å²) in [5, 5.41) is 0. The molecule has 0 unspecified atom stereocenters. The molecule has 1 amide bonds. The van der Waals surface area contributed by atoms with Crippen molar-refractivity contribution in [2.45, 2.75) is 0 Å². The molecule has 2 aliphatic rings. The summed E-state index contributed by atoms with van der Waals surface area (Å²) in [5.41, 5.74) is 0.473. The Balaban J connectivity index is 1.45. The Morgan fingerprint density at radius 2 is 1.62 bits per heavy atom. The van der Waals surface area contributed by atoms with Gasteiger partial charge >= 0.3 is 0 Å². The number of nitrogens with zero attached hydrogens (tertiary/aromatic N) is 2. The smallest absolute Gasteiger partial charge is 0.254 e. The third-order valence-electron chi connectivity index (χ3n) is 4.54. The largest absolute Gasteiger partial charge is 0.454 e. The first-order valence-electron chi connectivity index (χ1n) is 8.12. The van der Waals surface area contributed by atoms with Crippen molar-refractivity contribution in [1.82, 2.24) is 4.90 Å². The normalized spacial score (nSPS) is 16.1. The molecule has 0 bridgehead atoms. The van der Waals surface area contributed by atoms with Crippen LogP contribution in [-0.4, -0.2) is 43.8 Å². The van der Waals surface area contributed by atoms with Gasteiger partial charge in [0.15, 0.2) is 29.0 Å². The Hall–Kier alpha value is -2.90. The van der Waals surface area contributed by atoms with E-state index in [-0.39, 0.29) is 18.4 Å². The number of halogens is 3. The van der Waals surface area contributed by atoms with Crippen LogP contribution in [0.2, 0.25) is 0 Å². The number of hydrogen-bond acceptors (Lipinski definition) is 4. The Kier molecular flexibility index (Phi) is 4.10. The number of rotatable bonds is 2. The maximum Gasteiger partial charge on any atom is 0.254 e. The lowest BCUT2D eigenvalue weighted by Gasteiger charge is -2.36. The minimum absolute atomic E-state index is 0.000853. The van der Waals surface area contributed by atoms with Gasteiger partial charge in [-0.15, -0.1) is 0 Å². The number of amides is 1. The number of piperazine rings is 1. The van der Waals surface area contributed by atoms with Crippen molar-refractivity contribution in [3.8, 4) is 11.5 Å². The molecule has 2 aromatic carbocycles. The van der Waals surface area contributed by atoms with E-state index in [0.29, 0.717) is 43.2 Å². The molecule has 0 saturated carbocycles. The predicted molar refractivity (Wildman–Crippen MR) is 87.0 cm³/mol. The molecule has 0 aliphatic carbocycles. The van der Waals surface area contributed by atoms with E-state index in [0.717, 1.165) is 6.07 Å². The summed E-state index contributed by atoms with van der Waals surface area (Å²) in [6, 6.07) is 7.09. The van der Waals surface area contributed by atoms with Crippen LogP contribution in [0.3, 0.4) is 0 Å². The Morgan fingerprint density at radius 3 is 2.38 bits per heavy atom. The lowest BCUT2D eigenvalue weighted by molar-refractivity contribution is 0.0746. The number of benzene rings is 2. The number of carbonyl (C=O) groups is 1. The molecular formula is C18H15F3N2O3. The van der Waals surface area contributed by atoms with Gasteiger partial charge in [-0.2, -0.15) is 0 Å². The van der Waals surface area contributed by atoms with E-state index in [4.69, 9.17) is 9.47 Å². The van der Waals surface area contributed by atoms with Gasteiger partial charge in [0.25, 0.3) is 5.91 Å². The van der Waals surface area contributed by atoms with Crippen LogP contribution in [0.1, 0.15) is 10.4 Å². The van der Waals surface area contributed by atoms with E-state index in [9.17, 15) is 18.0 Å². The number of fused-ring (bicyclic) bond motifs is 1. The minimum Gasteiger partial charge on any atom is -0.454 e. The molecule has 2 heterocycles. The molecule has 26 heavy (non-hydrogen) atoms. The second-order valence-corrected chi connectivity index (χ2v) is 6.04. The Bertz CT molecular complexity index is 867. The summed E-state index contributed by atoms with van der Waals surface area (Å²) in [5.74, 6) is -2.96. The average Bonchev–Trinajstić information content (AvgIpc) is 3.14. The molecule has 136 valence electrons. The molecule has 5 nitrogen and oxygen atoms in total. The van der Waals surface area contributed by atoms with Crippen LogP contribution in [0.5, 0.6) is 11.5 Å². The van der Waals surface area contributed by atoms with Crippen molar-refractivity contribution in [3.05, 3.63) is 53.3 Å². The molecule has 0 aromatic heterocycles. The monoisotopic (exact) mass is 364 g/mol. The number of carbonyl (C=O) groups excluding carboxylic acids is 1. The van der Waals surface area contributed by atoms with Gasteiger partial charge in [-0.25, -0.2) is 13.2 Å². The zero-order valence-electron chi connectivity index (χ0n) is 13.7. The lowest BCUT2D eigenvalue weighted by atomic mass is 10.1.